The molecule has 3 heterocycles. The summed E-state index contributed by atoms with van der Waals surface area (Å²) in [5, 5.41) is 12.8. The number of anilines is 1. The Morgan fingerprint density at radius 1 is 1.15 bits per heavy atom. The van der Waals surface area contributed by atoms with Gasteiger partial charge in [-0.05, 0) is 39.2 Å². The molecule has 0 bridgehead atoms. The molecule has 3 aromatic rings. The van der Waals surface area contributed by atoms with E-state index in [1.54, 1.807) is 0 Å². The van der Waals surface area contributed by atoms with Crippen molar-refractivity contribution in [2.75, 3.05) is 5.32 Å². The summed E-state index contributed by atoms with van der Waals surface area (Å²) in [4.78, 5) is 21.1. The molecule has 3 rings (SSSR count). The average molecular weight is 404 g/mol. The maximum Gasteiger partial charge on any atom is 0.232 e. The first-order valence-corrected chi connectivity index (χ1v) is 11.0. The fourth-order valence-corrected chi connectivity index (χ4v) is 4.52. The Bertz CT molecular complexity index is 925. The van der Waals surface area contributed by atoms with Crippen LogP contribution < -0.4 is 5.32 Å². The fraction of sp³-hybridized carbons (Fsp3) is 0.474. The van der Waals surface area contributed by atoms with Crippen molar-refractivity contribution in [1.82, 2.24) is 19.7 Å². The molecule has 0 aliphatic heterocycles. The van der Waals surface area contributed by atoms with Gasteiger partial charge in [-0.1, -0.05) is 19.8 Å². The van der Waals surface area contributed by atoms with Crippen LogP contribution in [0.25, 0.3) is 5.13 Å². The van der Waals surface area contributed by atoms with E-state index in [0.29, 0.717) is 5.13 Å². The number of rotatable bonds is 8. The van der Waals surface area contributed by atoms with Crippen LogP contribution in [0.5, 0.6) is 0 Å². The van der Waals surface area contributed by atoms with Crippen LogP contribution in [0.2, 0.25) is 0 Å². The zero-order chi connectivity index (χ0) is 19.4. The van der Waals surface area contributed by atoms with Gasteiger partial charge < -0.3 is 5.32 Å². The molecule has 0 saturated carbocycles. The summed E-state index contributed by atoms with van der Waals surface area (Å²) in [6.07, 6.45) is 4.92. The molecule has 0 fully saturated rings. The minimum Gasteiger partial charge on any atom is -0.302 e. The quantitative estimate of drug-likeness (QED) is 0.557. The lowest BCUT2D eigenvalue weighted by Gasteiger charge is -2.02. The molecule has 0 unspecified atom stereocenters. The Morgan fingerprint density at radius 3 is 2.67 bits per heavy atom. The molecule has 6 nitrogen and oxygen atoms in total. The molecule has 0 aliphatic carbocycles. The highest BCUT2D eigenvalue weighted by atomic mass is 32.1. The largest absolute Gasteiger partial charge is 0.302 e. The predicted octanol–water partition coefficient (Wildman–Crippen LogP) is 4.62. The minimum absolute atomic E-state index is 0.102. The monoisotopic (exact) mass is 403 g/mol. The Morgan fingerprint density at radius 2 is 1.96 bits per heavy atom. The van der Waals surface area contributed by atoms with Gasteiger partial charge in [0.2, 0.25) is 11.0 Å². The van der Waals surface area contributed by atoms with Crippen LogP contribution in [0.1, 0.15) is 54.5 Å². The summed E-state index contributed by atoms with van der Waals surface area (Å²) in [7, 11) is 0. The number of aromatic nitrogens is 4. The van der Waals surface area contributed by atoms with Gasteiger partial charge in [-0.3, -0.25) is 4.79 Å². The van der Waals surface area contributed by atoms with Crippen LogP contribution in [0.3, 0.4) is 0 Å². The molecule has 3 aromatic heterocycles. The number of unbranched alkanes of at least 4 members (excludes halogenated alkanes) is 2. The smallest absolute Gasteiger partial charge is 0.232 e. The van der Waals surface area contributed by atoms with Gasteiger partial charge in [0, 0.05) is 16.5 Å². The third-order valence-electron chi connectivity index (χ3n) is 4.40. The fourth-order valence-electron chi connectivity index (χ4n) is 2.99. The number of hydrogen-bond donors (Lipinski definition) is 1. The second-order valence-corrected chi connectivity index (χ2v) is 8.35. The Labute approximate surface area is 167 Å². The highest BCUT2D eigenvalue weighted by Crippen LogP contribution is 2.23. The zero-order valence-electron chi connectivity index (χ0n) is 16.2. The molecule has 144 valence electrons. The Hall–Kier alpha value is -2.06. The van der Waals surface area contributed by atoms with E-state index in [9.17, 15) is 4.79 Å². The number of carbonyl (C=O) groups is 1. The molecule has 1 N–H and O–H groups in total. The van der Waals surface area contributed by atoms with Crippen LogP contribution in [0, 0.1) is 20.8 Å². The van der Waals surface area contributed by atoms with Crippen molar-refractivity contribution in [3.05, 3.63) is 39.1 Å². The molecule has 0 saturated heterocycles. The first-order valence-electron chi connectivity index (χ1n) is 9.19. The SMILES string of the molecule is CCCCCc1c(C)nn(-c2nc(CC(=O)Nc3nc(C)cs3)cs2)c1C. The minimum atomic E-state index is -0.102. The van der Waals surface area contributed by atoms with Crippen molar-refractivity contribution in [3.63, 3.8) is 0 Å². The van der Waals surface area contributed by atoms with Gasteiger partial charge in [-0.2, -0.15) is 5.10 Å². The number of nitrogens with zero attached hydrogens (tertiary/aromatic N) is 4. The molecule has 0 spiro atoms. The van der Waals surface area contributed by atoms with Gasteiger partial charge >= 0.3 is 0 Å². The summed E-state index contributed by atoms with van der Waals surface area (Å²) in [5.74, 6) is -0.102. The molecular formula is C19H25N5OS2. The van der Waals surface area contributed by atoms with Gasteiger partial charge in [-0.15, -0.1) is 22.7 Å². The molecular weight excluding hydrogens is 378 g/mol. The van der Waals surface area contributed by atoms with Gasteiger partial charge in [0.25, 0.3) is 0 Å². The molecule has 0 aromatic carbocycles. The van der Waals surface area contributed by atoms with Crippen molar-refractivity contribution < 1.29 is 4.79 Å². The van der Waals surface area contributed by atoms with E-state index in [1.807, 2.05) is 22.4 Å². The van der Waals surface area contributed by atoms with Gasteiger partial charge in [0.1, 0.15) is 0 Å². The first kappa shape index (κ1) is 19.7. The van der Waals surface area contributed by atoms with Crippen LogP contribution in [-0.2, 0) is 17.6 Å². The van der Waals surface area contributed by atoms with E-state index in [1.165, 1.54) is 47.5 Å². The van der Waals surface area contributed by atoms with Crippen molar-refractivity contribution in [1.29, 1.82) is 0 Å². The van der Waals surface area contributed by atoms with E-state index < -0.39 is 0 Å². The van der Waals surface area contributed by atoms with E-state index in [0.717, 1.165) is 34.3 Å². The van der Waals surface area contributed by atoms with Crippen molar-refractivity contribution in [2.24, 2.45) is 0 Å². The normalized spacial score (nSPS) is 11.1. The zero-order valence-corrected chi connectivity index (χ0v) is 17.8. The predicted molar refractivity (Wildman–Crippen MR) is 111 cm³/mol. The van der Waals surface area contributed by atoms with E-state index >= 15 is 0 Å². The molecule has 0 aliphatic rings. The summed E-state index contributed by atoms with van der Waals surface area (Å²) in [6.45, 7) is 8.28. The van der Waals surface area contributed by atoms with Gasteiger partial charge in [0.05, 0.1) is 23.5 Å². The van der Waals surface area contributed by atoms with Crippen LogP contribution >= 0.6 is 22.7 Å². The van der Waals surface area contributed by atoms with Crippen molar-refractivity contribution >= 4 is 33.7 Å². The summed E-state index contributed by atoms with van der Waals surface area (Å²) in [6, 6.07) is 0. The lowest BCUT2D eigenvalue weighted by molar-refractivity contribution is -0.115. The van der Waals surface area contributed by atoms with E-state index in [4.69, 9.17) is 0 Å². The lowest BCUT2D eigenvalue weighted by Crippen LogP contribution is -2.14. The summed E-state index contributed by atoms with van der Waals surface area (Å²) >= 11 is 2.95. The third kappa shape index (κ3) is 4.81. The molecule has 0 atom stereocenters. The molecule has 1 amide bonds. The number of aryl methyl sites for hydroxylation is 2. The summed E-state index contributed by atoms with van der Waals surface area (Å²) < 4.78 is 1.91. The van der Waals surface area contributed by atoms with Gasteiger partial charge in [0.15, 0.2) is 5.13 Å². The third-order valence-corrected chi connectivity index (χ3v) is 6.14. The van der Waals surface area contributed by atoms with Crippen molar-refractivity contribution in [3.8, 4) is 5.13 Å². The Balaban J connectivity index is 1.68. The second-order valence-electron chi connectivity index (χ2n) is 6.66. The highest BCUT2D eigenvalue weighted by molar-refractivity contribution is 7.14. The van der Waals surface area contributed by atoms with E-state index in [2.05, 4.69) is 41.2 Å². The van der Waals surface area contributed by atoms with Crippen LogP contribution in [0.15, 0.2) is 10.8 Å². The average Bonchev–Trinajstić information content (AvgIpc) is 3.30. The van der Waals surface area contributed by atoms with Crippen LogP contribution in [0.4, 0.5) is 5.13 Å². The number of nitrogens with one attached hydrogen (secondary N) is 1. The number of carbonyl (C=O) groups excluding carboxylic acids is 1. The van der Waals surface area contributed by atoms with Crippen molar-refractivity contribution in [2.45, 2.75) is 59.8 Å². The maximum absolute atomic E-state index is 12.2. The Kier molecular flexibility index (Phi) is 6.38. The molecule has 0 radical (unpaired) electrons. The standard InChI is InChI=1S/C19H25N5OS2/c1-5-6-7-8-16-13(3)23-24(14(16)4)19-21-15(11-27-19)9-17(25)22-18-20-12(2)10-26-18/h10-11H,5-9H2,1-4H3,(H,20,22,25). The molecule has 8 heteroatoms. The maximum atomic E-state index is 12.2. The lowest BCUT2D eigenvalue weighted by atomic mass is 10.1. The number of thiazole rings is 2. The highest BCUT2D eigenvalue weighted by Gasteiger charge is 2.16. The topological polar surface area (TPSA) is 72.7 Å². The number of hydrogen-bond acceptors (Lipinski definition) is 6. The second kappa shape index (κ2) is 8.75. The summed E-state index contributed by atoms with van der Waals surface area (Å²) in [5.41, 5.74) is 5.19. The van der Waals surface area contributed by atoms with Gasteiger partial charge in [-0.25, -0.2) is 14.6 Å². The van der Waals surface area contributed by atoms with E-state index in [-0.39, 0.29) is 12.3 Å². The van der Waals surface area contributed by atoms with Crippen LogP contribution in [-0.4, -0.2) is 25.7 Å². The number of amides is 1. The first-order chi connectivity index (χ1) is 13.0. The molecule has 27 heavy (non-hydrogen) atoms.